The van der Waals surface area contributed by atoms with E-state index >= 15 is 0 Å². The summed E-state index contributed by atoms with van der Waals surface area (Å²) in [6.45, 7) is 8.27. The second-order valence-corrected chi connectivity index (χ2v) is 7.86. The number of nitrogens with zero attached hydrogens (tertiary/aromatic N) is 4. The zero-order chi connectivity index (χ0) is 14.7. The number of hydrogen-bond acceptors (Lipinski definition) is 4. The van der Waals surface area contributed by atoms with Crippen molar-refractivity contribution in [3.05, 3.63) is 23.8 Å². The second-order valence-electron chi connectivity index (χ2n) is 6.49. The van der Waals surface area contributed by atoms with Gasteiger partial charge in [-0.25, -0.2) is 13.1 Å². The highest BCUT2D eigenvalue weighted by Gasteiger charge is 2.25. The minimum absolute atomic E-state index is 0.665. The van der Waals surface area contributed by atoms with Crippen molar-refractivity contribution in [3.8, 4) is 0 Å². The number of aromatic nitrogens is 2. The molecule has 0 aliphatic carbocycles. The van der Waals surface area contributed by atoms with E-state index in [0.29, 0.717) is 5.92 Å². The quantitative estimate of drug-likeness (QED) is 0.577. The molecule has 1 aromatic heterocycles. The van der Waals surface area contributed by atoms with Crippen molar-refractivity contribution < 1.29 is 0 Å². The van der Waals surface area contributed by atoms with Gasteiger partial charge in [0.1, 0.15) is 5.82 Å². The molecule has 2 aliphatic rings. The van der Waals surface area contributed by atoms with E-state index in [1.807, 2.05) is 19.3 Å². The van der Waals surface area contributed by atoms with E-state index in [2.05, 4.69) is 40.8 Å². The summed E-state index contributed by atoms with van der Waals surface area (Å²) >= 11 is 2.46. The summed E-state index contributed by atoms with van der Waals surface area (Å²) in [5.74, 6) is 2.45. The second kappa shape index (κ2) is 7.33. The molecule has 3 heterocycles. The molecule has 116 valence electrons. The van der Waals surface area contributed by atoms with Gasteiger partial charge in [-0.2, -0.15) is 0 Å². The smallest absolute Gasteiger partial charge is 0.125 e. The highest BCUT2D eigenvalue weighted by molar-refractivity contribution is 14.1. The number of hydrogen-bond donors (Lipinski definition) is 0. The summed E-state index contributed by atoms with van der Waals surface area (Å²) in [4.78, 5) is 11.4. The highest BCUT2D eigenvalue weighted by Crippen LogP contribution is 2.28. The van der Waals surface area contributed by atoms with Gasteiger partial charge in [0.05, 0.1) is 0 Å². The molecule has 0 radical (unpaired) electrons. The monoisotopic (exact) mass is 400 g/mol. The van der Waals surface area contributed by atoms with E-state index in [1.54, 1.807) is 0 Å². The Balaban J connectivity index is 1.45. The van der Waals surface area contributed by atoms with E-state index in [1.165, 1.54) is 64.0 Å². The molecule has 2 fully saturated rings. The lowest BCUT2D eigenvalue weighted by Crippen LogP contribution is -2.39. The first-order valence-corrected chi connectivity index (χ1v) is 9.09. The first-order valence-electron chi connectivity index (χ1n) is 8.12. The molecule has 1 aromatic rings. The van der Waals surface area contributed by atoms with E-state index in [0.717, 1.165) is 11.7 Å². The summed E-state index contributed by atoms with van der Waals surface area (Å²) in [5.41, 5.74) is 1.33. The van der Waals surface area contributed by atoms with Crippen LogP contribution < -0.4 is 0 Å². The van der Waals surface area contributed by atoms with Crippen molar-refractivity contribution in [1.82, 2.24) is 18.0 Å². The van der Waals surface area contributed by atoms with Crippen molar-refractivity contribution in [2.75, 3.05) is 32.7 Å². The van der Waals surface area contributed by atoms with Gasteiger partial charge in [0, 0.05) is 54.9 Å². The van der Waals surface area contributed by atoms with Gasteiger partial charge in [0.25, 0.3) is 0 Å². The number of aryl methyl sites for hydroxylation is 1. The minimum Gasteiger partial charge on any atom is -0.303 e. The lowest BCUT2D eigenvalue weighted by atomic mass is 9.90. The van der Waals surface area contributed by atoms with Crippen molar-refractivity contribution in [2.45, 2.75) is 38.5 Å². The zero-order valence-electron chi connectivity index (χ0n) is 12.8. The van der Waals surface area contributed by atoms with Crippen molar-refractivity contribution >= 4 is 22.9 Å². The molecular formula is C16H25IN4. The maximum absolute atomic E-state index is 4.34. The summed E-state index contributed by atoms with van der Waals surface area (Å²) in [6.07, 6.45) is 9.32. The summed E-state index contributed by atoms with van der Waals surface area (Å²) in [6, 6.07) is 0. The molecule has 0 unspecified atom stereocenters. The van der Waals surface area contributed by atoms with Crippen LogP contribution in [0.4, 0.5) is 0 Å². The van der Waals surface area contributed by atoms with Crippen LogP contribution in [0.25, 0.3) is 0 Å². The van der Waals surface area contributed by atoms with E-state index in [-0.39, 0.29) is 0 Å². The van der Waals surface area contributed by atoms with Crippen molar-refractivity contribution in [1.29, 1.82) is 0 Å². The molecule has 2 aliphatic heterocycles. The van der Waals surface area contributed by atoms with Crippen LogP contribution in [0.5, 0.6) is 0 Å². The molecule has 0 spiro atoms. The van der Waals surface area contributed by atoms with Crippen LogP contribution >= 0.6 is 22.9 Å². The SMILES string of the molecule is Cc1ncc(C2CCN(CC3CCN(I)CC3)CC2)cn1. The van der Waals surface area contributed by atoms with Crippen LogP contribution in [-0.2, 0) is 0 Å². The Morgan fingerprint density at radius 1 is 1.05 bits per heavy atom. The van der Waals surface area contributed by atoms with Gasteiger partial charge in [-0.05, 0) is 63.1 Å². The fourth-order valence-electron chi connectivity index (χ4n) is 3.51. The number of piperidine rings is 2. The van der Waals surface area contributed by atoms with Crippen molar-refractivity contribution in [2.24, 2.45) is 5.92 Å². The van der Waals surface area contributed by atoms with E-state index in [9.17, 15) is 0 Å². The largest absolute Gasteiger partial charge is 0.303 e. The van der Waals surface area contributed by atoms with Gasteiger partial charge < -0.3 is 4.90 Å². The Labute approximate surface area is 141 Å². The van der Waals surface area contributed by atoms with Gasteiger partial charge >= 0.3 is 0 Å². The molecule has 3 rings (SSSR count). The Bertz CT molecular complexity index is 434. The Hall–Kier alpha value is -0.270. The average molecular weight is 400 g/mol. The van der Waals surface area contributed by atoms with Crippen LogP contribution in [0.15, 0.2) is 12.4 Å². The van der Waals surface area contributed by atoms with E-state index < -0.39 is 0 Å². The maximum atomic E-state index is 4.34. The number of likely N-dealkylation sites (tertiary alicyclic amines) is 1. The predicted molar refractivity (Wildman–Crippen MR) is 93.5 cm³/mol. The molecule has 0 saturated carbocycles. The molecule has 0 atom stereocenters. The fourth-order valence-corrected chi connectivity index (χ4v) is 4.07. The summed E-state index contributed by atoms with van der Waals surface area (Å²) in [5, 5.41) is 0. The minimum atomic E-state index is 0.665. The van der Waals surface area contributed by atoms with Gasteiger partial charge in [-0.15, -0.1) is 0 Å². The van der Waals surface area contributed by atoms with Crippen LogP contribution in [0, 0.1) is 12.8 Å². The van der Waals surface area contributed by atoms with Crippen LogP contribution in [-0.4, -0.2) is 50.7 Å². The Morgan fingerprint density at radius 2 is 1.67 bits per heavy atom. The third-order valence-electron chi connectivity index (χ3n) is 4.94. The summed E-state index contributed by atoms with van der Waals surface area (Å²) < 4.78 is 2.43. The van der Waals surface area contributed by atoms with Gasteiger partial charge in [0.15, 0.2) is 0 Å². The molecule has 0 amide bonds. The first-order chi connectivity index (χ1) is 10.2. The Morgan fingerprint density at radius 3 is 2.29 bits per heavy atom. The number of rotatable bonds is 3. The normalized spacial score (nSPS) is 23.5. The molecule has 5 heteroatoms. The zero-order valence-corrected chi connectivity index (χ0v) is 15.0. The Kier molecular flexibility index (Phi) is 5.45. The standard InChI is InChI=1S/C16H25IN4/c1-13-18-10-16(11-19-13)15-4-6-20(7-5-15)12-14-2-8-21(17)9-3-14/h10-11,14-15H,2-9,12H2,1H3. The first kappa shape index (κ1) is 15.6. The molecule has 4 nitrogen and oxygen atoms in total. The lowest BCUT2D eigenvalue weighted by molar-refractivity contribution is 0.158. The topological polar surface area (TPSA) is 32.3 Å². The fraction of sp³-hybridized carbons (Fsp3) is 0.750. The van der Waals surface area contributed by atoms with Gasteiger partial charge in [0.2, 0.25) is 0 Å². The molecule has 2 saturated heterocycles. The molecule has 0 aromatic carbocycles. The third kappa shape index (κ3) is 4.36. The number of halogens is 1. The van der Waals surface area contributed by atoms with Crippen LogP contribution in [0.3, 0.4) is 0 Å². The molecular weight excluding hydrogens is 375 g/mol. The molecule has 21 heavy (non-hydrogen) atoms. The van der Waals surface area contributed by atoms with Crippen LogP contribution in [0.1, 0.15) is 43.0 Å². The van der Waals surface area contributed by atoms with Gasteiger partial charge in [-0.3, -0.25) is 0 Å². The average Bonchev–Trinajstić information content (AvgIpc) is 2.51. The third-order valence-corrected chi connectivity index (χ3v) is 5.90. The lowest BCUT2D eigenvalue weighted by Gasteiger charge is -2.36. The van der Waals surface area contributed by atoms with Crippen LogP contribution in [0.2, 0.25) is 0 Å². The van der Waals surface area contributed by atoms with Gasteiger partial charge in [-0.1, -0.05) is 0 Å². The summed E-state index contributed by atoms with van der Waals surface area (Å²) in [7, 11) is 0. The van der Waals surface area contributed by atoms with Crippen molar-refractivity contribution in [3.63, 3.8) is 0 Å². The highest BCUT2D eigenvalue weighted by atomic mass is 127. The molecule has 0 N–H and O–H groups in total. The predicted octanol–water partition coefficient (Wildman–Crippen LogP) is 3.03. The molecule has 0 bridgehead atoms. The maximum Gasteiger partial charge on any atom is 0.125 e. The van der Waals surface area contributed by atoms with E-state index in [4.69, 9.17) is 0 Å².